The van der Waals surface area contributed by atoms with E-state index in [9.17, 15) is 14.4 Å². The Bertz CT molecular complexity index is 792. The molecule has 0 N–H and O–H groups in total. The molecule has 164 valence electrons. The number of esters is 1. The van der Waals surface area contributed by atoms with E-state index in [1.165, 1.54) is 25.3 Å². The summed E-state index contributed by atoms with van der Waals surface area (Å²) in [5.41, 5.74) is 0.396. The number of hydrogen-bond acceptors (Lipinski definition) is 8. The van der Waals surface area contributed by atoms with E-state index in [2.05, 4.69) is 0 Å². The Morgan fingerprint density at radius 1 is 1.07 bits per heavy atom. The molecule has 1 aromatic carbocycles. The molecule has 9 nitrogen and oxygen atoms in total. The van der Waals surface area contributed by atoms with Gasteiger partial charge in [-0.15, -0.1) is 0 Å². The first-order valence-electron chi connectivity index (χ1n) is 10.1. The highest BCUT2D eigenvalue weighted by atomic mass is 16.7. The van der Waals surface area contributed by atoms with Crippen LogP contribution in [0, 0.1) is 0 Å². The molecule has 2 unspecified atom stereocenters. The summed E-state index contributed by atoms with van der Waals surface area (Å²) >= 11 is 0. The van der Waals surface area contributed by atoms with Crippen molar-refractivity contribution in [2.45, 2.75) is 45.4 Å². The lowest BCUT2D eigenvalue weighted by atomic mass is 10.0. The number of Topliss-reactive ketones (excluding diaryl/α,β-unsaturated/α-hetero) is 1. The SMILES string of the molecule is CC(OC(=O)CN1CCCCC1)OC(=O)N(C)C(C)C(=O)c1ccc2c(c1)OCO2. The Balaban J connectivity index is 1.48. The zero-order valence-corrected chi connectivity index (χ0v) is 17.6. The normalized spacial score (nSPS) is 17.7. The predicted molar refractivity (Wildman–Crippen MR) is 106 cm³/mol. The van der Waals surface area contributed by atoms with Gasteiger partial charge < -0.3 is 23.8 Å². The minimum atomic E-state index is -1.05. The van der Waals surface area contributed by atoms with Crippen LogP contribution in [0.1, 0.15) is 43.5 Å². The molecule has 0 radical (unpaired) electrons. The fourth-order valence-electron chi connectivity index (χ4n) is 3.40. The number of likely N-dealkylation sites (tertiary alicyclic amines) is 1. The van der Waals surface area contributed by atoms with Crippen LogP contribution in [0.2, 0.25) is 0 Å². The van der Waals surface area contributed by atoms with Gasteiger partial charge in [0.1, 0.15) is 0 Å². The third-order valence-electron chi connectivity index (χ3n) is 5.27. The summed E-state index contributed by atoms with van der Waals surface area (Å²) in [5, 5.41) is 0. The highest BCUT2D eigenvalue weighted by Gasteiger charge is 2.28. The molecule has 3 rings (SSSR count). The molecule has 0 saturated carbocycles. The Kier molecular flexibility index (Phi) is 7.15. The Morgan fingerprint density at radius 2 is 1.77 bits per heavy atom. The summed E-state index contributed by atoms with van der Waals surface area (Å²) < 4.78 is 20.9. The van der Waals surface area contributed by atoms with Crippen LogP contribution < -0.4 is 9.47 Å². The van der Waals surface area contributed by atoms with Gasteiger partial charge in [-0.1, -0.05) is 6.42 Å². The summed E-state index contributed by atoms with van der Waals surface area (Å²) in [6.07, 6.45) is 1.50. The molecule has 0 spiro atoms. The van der Waals surface area contributed by atoms with E-state index in [0.717, 1.165) is 25.9 Å². The summed E-state index contributed by atoms with van der Waals surface area (Å²) in [5.74, 6) is 0.353. The van der Waals surface area contributed by atoms with Crippen LogP contribution in [0.25, 0.3) is 0 Å². The van der Waals surface area contributed by atoms with Crippen LogP contribution in [0.5, 0.6) is 11.5 Å². The predicted octanol–water partition coefficient (Wildman–Crippen LogP) is 2.43. The fourth-order valence-corrected chi connectivity index (χ4v) is 3.40. The summed E-state index contributed by atoms with van der Waals surface area (Å²) in [6, 6.07) is 4.08. The first-order valence-corrected chi connectivity index (χ1v) is 10.1. The first-order chi connectivity index (χ1) is 14.3. The quantitative estimate of drug-likeness (QED) is 0.377. The number of carbonyl (C=O) groups excluding carboxylic acids is 3. The van der Waals surface area contributed by atoms with E-state index >= 15 is 0 Å². The second-order valence-electron chi connectivity index (χ2n) is 7.50. The summed E-state index contributed by atoms with van der Waals surface area (Å²) in [7, 11) is 1.46. The lowest BCUT2D eigenvalue weighted by Gasteiger charge is -2.27. The Hall–Kier alpha value is -2.81. The molecule has 30 heavy (non-hydrogen) atoms. The van der Waals surface area contributed by atoms with Crippen LogP contribution >= 0.6 is 0 Å². The molecule has 1 saturated heterocycles. The van der Waals surface area contributed by atoms with Crippen molar-refractivity contribution >= 4 is 17.8 Å². The number of piperidine rings is 1. The van der Waals surface area contributed by atoms with Crippen LogP contribution in [-0.4, -0.2) is 73.5 Å². The molecule has 0 bridgehead atoms. The van der Waals surface area contributed by atoms with Crippen molar-refractivity contribution in [2.75, 3.05) is 33.5 Å². The topological polar surface area (TPSA) is 94.6 Å². The van der Waals surface area contributed by atoms with E-state index in [-0.39, 0.29) is 19.1 Å². The highest BCUT2D eigenvalue weighted by Crippen LogP contribution is 2.33. The van der Waals surface area contributed by atoms with Gasteiger partial charge in [0.25, 0.3) is 0 Å². The van der Waals surface area contributed by atoms with Crippen molar-refractivity contribution in [2.24, 2.45) is 0 Å². The highest BCUT2D eigenvalue weighted by molar-refractivity contribution is 6.01. The zero-order chi connectivity index (χ0) is 21.7. The fraction of sp³-hybridized carbons (Fsp3) is 0.571. The van der Waals surface area contributed by atoms with E-state index in [0.29, 0.717) is 17.1 Å². The van der Waals surface area contributed by atoms with Crippen LogP contribution in [0.4, 0.5) is 4.79 Å². The number of benzene rings is 1. The van der Waals surface area contributed by atoms with Gasteiger partial charge in [-0.25, -0.2) is 4.79 Å². The molecule has 1 fully saturated rings. The van der Waals surface area contributed by atoms with Crippen molar-refractivity contribution in [1.29, 1.82) is 0 Å². The Labute approximate surface area is 175 Å². The van der Waals surface area contributed by atoms with Gasteiger partial charge in [0, 0.05) is 19.5 Å². The molecule has 2 heterocycles. The van der Waals surface area contributed by atoms with Gasteiger partial charge in [-0.2, -0.15) is 0 Å². The molecule has 9 heteroatoms. The Morgan fingerprint density at radius 3 is 2.50 bits per heavy atom. The van der Waals surface area contributed by atoms with Gasteiger partial charge in [-0.05, 0) is 51.1 Å². The second kappa shape index (κ2) is 9.80. The maximum Gasteiger partial charge on any atom is 0.413 e. The third-order valence-corrected chi connectivity index (χ3v) is 5.27. The average Bonchev–Trinajstić information content (AvgIpc) is 3.20. The van der Waals surface area contributed by atoms with Gasteiger partial charge in [0.2, 0.25) is 13.1 Å². The number of hydrogen-bond donors (Lipinski definition) is 0. The van der Waals surface area contributed by atoms with Crippen molar-refractivity contribution in [3.05, 3.63) is 23.8 Å². The van der Waals surface area contributed by atoms with E-state index in [4.69, 9.17) is 18.9 Å². The molecule has 2 aliphatic heterocycles. The lowest BCUT2D eigenvalue weighted by Crippen LogP contribution is -2.42. The van der Waals surface area contributed by atoms with Crippen molar-refractivity contribution in [3.8, 4) is 11.5 Å². The first kappa shape index (κ1) is 21.9. The lowest BCUT2D eigenvalue weighted by molar-refractivity contribution is -0.167. The molecule has 0 aromatic heterocycles. The van der Waals surface area contributed by atoms with E-state index in [1.807, 2.05) is 4.90 Å². The largest absolute Gasteiger partial charge is 0.454 e. The van der Waals surface area contributed by atoms with Gasteiger partial charge >= 0.3 is 12.1 Å². The number of ether oxygens (including phenoxy) is 4. The van der Waals surface area contributed by atoms with Gasteiger partial charge in [0.15, 0.2) is 17.3 Å². The van der Waals surface area contributed by atoms with Crippen molar-refractivity contribution in [1.82, 2.24) is 9.80 Å². The minimum Gasteiger partial charge on any atom is -0.454 e. The van der Waals surface area contributed by atoms with E-state index in [1.54, 1.807) is 25.1 Å². The maximum absolute atomic E-state index is 12.7. The van der Waals surface area contributed by atoms with Crippen molar-refractivity contribution < 1.29 is 33.3 Å². The zero-order valence-electron chi connectivity index (χ0n) is 17.6. The molecule has 0 aliphatic carbocycles. The van der Waals surface area contributed by atoms with Crippen LogP contribution in [-0.2, 0) is 14.3 Å². The monoisotopic (exact) mass is 420 g/mol. The molecule has 2 aliphatic rings. The maximum atomic E-state index is 12.7. The number of ketones is 1. The molecule has 2 atom stereocenters. The summed E-state index contributed by atoms with van der Waals surface area (Å²) in [6.45, 7) is 5.10. The third kappa shape index (κ3) is 5.41. The van der Waals surface area contributed by atoms with Gasteiger partial charge in [0.05, 0.1) is 12.6 Å². The number of amides is 1. The van der Waals surface area contributed by atoms with Crippen LogP contribution in [0.3, 0.4) is 0 Å². The molecule has 1 amide bonds. The van der Waals surface area contributed by atoms with Gasteiger partial charge in [-0.3, -0.25) is 14.5 Å². The number of nitrogens with zero attached hydrogens (tertiary/aromatic N) is 2. The summed E-state index contributed by atoms with van der Waals surface area (Å²) in [4.78, 5) is 40.4. The average molecular weight is 420 g/mol. The second-order valence-corrected chi connectivity index (χ2v) is 7.50. The van der Waals surface area contributed by atoms with Crippen LogP contribution in [0.15, 0.2) is 18.2 Å². The van der Waals surface area contributed by atoms with Crippen molar-refractivity contribution in [3.63, 3.8) is 0 Å². The number of likely N-dealkylation sites (N-methyl/N-ethyl adjacent to an activating group) is 1. The molecular formula is C21H28N2O7. The smallest absolute Gasteiger partial charge is 0.413 e. The number of carbonyl (C=O) groups is 3. The minimum absolute atomic E-state index is 0.114. The number of fused-ring (bicyclic) bond motifs is 1. The standard InChI is InChI=1S/C21H28N2O7/c1-14(20(25)16-7-8-17-18(11-16)28-13-27-17)22(3)21(26)30-15(2)29-19(24)12-23-9-5-4-6-10-23/h7-8,11,14-15H,4-6,9-10,12-13H2,1-3H3. The van der Waals surface area contributed by atoms with E-state index < -0.39 is 24.4 Å². The molecule has 1 aromatic rings. The number of rotatable bonds is 7. The molecular weight excluding hydrogens is 392 g/mol.